The summed E-state index contributed by atoms with van der Waals surface area (Å²) in [5, 5.41) is 10.8. The number of hydrogen-bond donors (Lipinski definition) is 2. The first-order valence-corrected chi connectivity index (χ1v) is 8.29. The fourth-order valence-electron chi connectivity index (χ4n) is 2.96. The Hall–Kier alpha value is -0.820. The highest BCUT2D eigenvalue weighted by atomic mass is 35.5. The summed E-state index contributed by atoms with van der Waals surface area (Å²) in [6.45, 7) is 7.63. The number of aromatic nitrogens is 2. The van der Waals surface area contributed by atoms with Crippen LogP contribution < -0.4 is 10.6 Å². The Kier molecular flexibility index (Phi) is 10.6. The lowest BCUT2D eigenvalue weighted by Crippen LogP contribution is -2.55. The van der Waals surface area contributed by atoms with Gasteiger partial charge in [-0.05, 0) is 52.4 Å². The molecule has 0 saturated carbocycles. The molecule has 0 spiro atoms. The van der Waals surface area contributed by atoms with Gasteiger partial charge in [-0.15, -0.1) is 24.8 Å². The van der Waals surface area contributed by atoms with E-state index >= 15 is 0 Å². The van der Waals surface area contributed by atoms with Crippen molar-refractivity contribution < 1.29 is 4.79 Å². The maximum Gasteiger partial charge on any atom is 0.248 e. The van der Waals surface area contributed by atoms with Gasteiger partial charge in [-0.2, -0.15) is 5.10 Å². The minimum absolute atomic E-state index is 0. The number of halogens is 2. The van der Waals surface area contributed by atoms with E-state index in [0.29, 0.717) is 12.6 Å². The van der Waals surface area contributed by atoms with Crippen LogP contribution in [0.3, 0.4) is 0 Å². The van der Waals surface area contributed by atoms with Crippen molar-refractivity contribution in [1.29, 1.82) is 0 Å². The molecule has 0 aliphatic carbocycles. The molecule has 6 nitrogen and oxygen atoms in total. The maximum absolute atomic E-state index is 12.8. The van der Waals surface area contributed by atoms with E-state index in [4.69, 9.17) is 0 Å². The van der Waals surface area contributed by atoms with Gasteiger partial charge in [0.25, 0.3) is 0 Å². The molecule has 1 amide bonds. The van der Waals surface area contributed by atoms with Crippen LogP contribution >= 0.6 is 24.8 Å². The molecule has 1 aromatic heterocycles. The summed E-state index contributed by atoms with van der Waals surface area (Å²) in [5.74, 6) is 0.0928. The lowest BCUT2D eigenvalue weighted by atomic mass is 9.87. The molecule has 1 atom stereocenters. The predicted molar refractivity (Wildman–Crippen MR) is 102 cm³/mol. The first kappa shape index (κ1) is 23.2. The zero-order chi connectivity index (χ0) is 16.0. The van der Waals surface area contributed by atoms with E-state index in [-0.39, 0.29) is 30.7 Å². The average molecular weight is 380 g/mol. The molecule has 1 unspecified atom stereocenters. The molecule has 0 bridgehead atoms. The normalized spacial score (nSPS) is 17.5. The van der Waals surface area contributed by atoms with Gasteiger partial charge in [0, 0.05) is 31.5 Å². The fraction of sp³-hybridized carbons (Fsp3) is 0.750. The summed E-state index contributed by atoms with van der Waals surface area (Å²) in [7, 11) is 2.11. The van der Waals surface area contributed by atoms with Gasteiger partial charge in [0.1, 0.15) is 5.54 Å². The SMILES string of the molecule is CCC(C)N(C)CCNC(=O)C1(n2cccn2)CCNCC1.Cl.Cl. The molecule has 0 radical (unpaired) electrons. The minimum Gasteiger partial charge on any atom is -0.353 e. The van der Waals surface area contributed by atoms with E-state index in [2.05, 4.69) is 41.5 Å². The Morgan fingerprint density at radius 2 is 2.08 bits per heavy atom. The number of hydrogen-bond acceptors (Lipinski definition) is 4. The van der Waals surface area contributed by atoms with E-state index in [1.807, 2.05) is 16.9 Å². The third-order valence-corrected chi connectivity index (χ3v) is 4.89. The molecule has 8 heteroatoms. The number of likely N-dealkylation sites (N-methyl/N-ethyl adjacent to an activating group) is 1. The monoisotopic (exact) mass is 379 g/mol. The van der Waals surface area contributed by atoms with Gasteiger partial charge in [-0.3, -0.25) is 9.48 Å². The number of rotatable bonds is 7. The van der Waals surface area contributed by atoms with Crippen LogP contribution in [-0.4, -0.2) is 59.9 Å². The topological polar surface area (TPSA) is 62.2 Å². The second-order valence-electron chi connectivity index (χ2n) is 6.23. The molecule has 2 heterocycles. The summed E-state index contributed by atoms with van der Waals surface area (Å²) in [5.41, 5.74) is -0.538. The molecule has 24 heavy (non-hydrogen) atoms. The van der Waals surface area contributed by atoms with Crippen molar-refractivity contribution in [3.63, 3.8) is 0 Å². The number of nitrogens with one attached hydrogen (secondary N) is 2. The van der Waals surface area contributed by atoms with E-state index < -0.39 is 5.54 Å². The van der Waals surface area contributed by atoms with Crippen molar-refractivity contribution in [1.82, 2.24) is 25.3 Å². The van der Waals surface area contributed by atoms with E-state index in [0.717, 1.165) is 38.9 Å². The van der Waals surface area contributed by atoms with Gasteiger partial charge < -0.3 is 15.5 Å². The summed E-state index contributed by atoms with van der Waals surface area (Å²) in [4.78, 5) is 15.1. The van der Waals surface area contributed by atoms with E-state index in [1.54, 1.807) is 6.20 Å². The number of piperidine rings is 1. The van der Waals surface area contributed by atoms with Gasteiger partial charge in [0.15, 0.2) is 0 Å². The summed E-state index contributed by atoms with van der Waals surface area (Å²) < 4.78 is 1.83. The van der Waals surface area contributed by atoms with Crippen LogP contribution in [0.4, 0.5) is 0 Å². The van der Waals surface area contributed by atoms with Gasteiger partial charge in [-0.25, -0.2) is 0 Å². The Bertz CT molecular complexity index is 463. The van der Waals surface area contributed by atoms with Crippen LogP contribution in [0.1, 0.15) is 33.1 Å². The first-order chi connectivity index (χ1) is 10.6. The number of carbonyl (C=O) groups is 1. The number of amides is 1. The molecule has 1 saturated heterocycles. The smallest absolute Gasteiger partial charge is 0.248 e. The summed E-state index contributed by atoms with van der Waals surface area (Å²) in [6, 6.07) is 2.42. The highest BCUT2D eigenvalue weighted by Gasteiger charge is 2.41. The van der Waals surface area contributed by atoms with Crippen LogP contribution in [0.25, 0.3) is 0 Å². The first-order valence-electron chi connectivity index (χ1n) is 8.29. The molecule has 2 rings (SSSR count). The molecule has 1 aromatic rings. The Morgan fingerprint density at radius 1 is 1.42 bits per heavy atom. The molecule has 1 fully saturated rings. The number of carbonyl (C=O) groups excluding carboxylic acids is 1. The lowest BCUT2D eigenvalue weighted by molar-refractivity contribution is -0.132. The molecular weight excluding hydrogens is 349 g/mol. The van der Waals surface area contributed by atoms with Crippen molar-refractivity contribution in [3.05, 3.63) is 18.5 Å². The van der Waals surface area contributed by atoms with Crippen LogP contribution in [-0.2, 0) is 10.3 Å². The third-order valence-electron chi connectivity index (χ3n) is 4.89. The molecule has 1 aliphatic rings. The van der Waals surface area contributed by atoms with Crippen LogP contribution in [0, 0.1) is 0 Å². The Labute approximate surface area is 157 Å². The Balaban J connectivity index is 0.00000264. The van der Waals surface area contributed by atoms with Crippen molar-refractivity contribution in [2.45, 2.75) is 44.7 Å². The second-order valence-corrected chi connectivity index (χ2v) is 6.23. The molecule has 0 aromatic carbocycles. The zero-order valence-electron chi connectivity index (χ0n) is 14.8. The van der Waals surface area contributed by atoms with Gasteiger partial charge in [0.05, 0.1) is 0 Å². The highest BCUT2D eigenvalue weighted by Crippen LogP contribution is 2.27. The molecule has 1 aliphatic heterocycles. The number of nitrogens with zero attached hydrogens (tertiary/aromatic N) is 3. The maximum atomic E-state index is 12.8. The lowest BCUT2D eigenvalue weighted by Gasteiger charge is -2.36. The molecular formula is C16H31Cl2N5O. The Morgan fingerprint density at radius 3 is 2.62 bits per heavy atom. The minimum atomic E-state index is -0.538. The van der Waals surface area contributed by atoms with E-state index in [1.165, 1.54) is 0 Å². The van der Waals surface area contributed by atoms with Gasteiger partial charge >= 0.3 is 0 Å². The quantitative estimate of drug-likeness (QED) is 0.755. The molecule has 2 N–H and O–H groups in total. The standard InChI is InChI=1S/C16H29N5O.2ClH/c1-4-14(2)20(3)13-11-18-15(22)16(6-9-17-10-7-16)21-12-5-8-19-21;;/h5,8,12,14,17H,4,6-7,9-11,13H2,1-3H3,(H,18,22);2*1H. The van der Waals surface area contributed by atoms with Crippen LogP contribution in [0.15, 0.2) is 18.5 Å². The van der Waals surface area contributed by atoms with Crippen molar-refractivity contribution >= 4 is 30.7 Å². The van der Waals surface area contributed by atoms with Crippen molar-refractivity contribution in [3.8, 4) is 0 Å². The van der Waals surface area contributed by atoms with E-state index in [9.17, 15) is 4.79 Å². The largest absolute Gasteiger partial charge is 0.353 e. The van der Waals surface area contributed by atoms with Gasteiger partial charge in [0.2, 0.25) is 5.91 Å². The fourth-order valence-corrected chi connectivity index (χ4v) is 2.96. The molecule has 140 valence electrons. The van der Waals surface area contributed by atoms with Crippen molar-refractivity contribution in [2.75, 3.05) is 33.2 Å². The predicted octanol–water partition coefficient (Wildman–Crippen LogP) is 1.65. The third kappa shape index (κ3) is 5.34. The van der Waals surface area contributed by atoms with Crippen molar-refractivity contribution in [2.24, 2.45) is 0 Å². The van der Waals surface area contributed by atoms with Gasteiger partial charge in [-0.1, -0.05) is 6.92 Å². The highest BCUT2D eigenvalue weighted by molar-refractivity contribution is 5.85. The van der Waals surface area contributed by atoms with Crippen LogP contribution in [0.5, 0.6) is 0 Å². The van der Waals surface area contributed by atoms with Crippen LogP contribution in [0.2, 0.25) is 0 Å². The summed E-state index contributed by atoms with van der Waals surface area (Å²) in [6.07, 6.45) is 6.32. The average Bonchev–Trinajstić information content (AvgIpc) is 3.09. The second kappa shape index (κ2) is 10.9. The summed E-state index contributed by atoms with van der Waals surface area (Å²) >= 11 is 0. The zero-order valence-corrected chi connectivity index (χ0v) is 16.5.